The van der Waals surface area contributed by atoms with Gasteiger partial charge in [0.25, 0.3) is 0 Å². The quantitative estimate of drug-likeness (QED) is 0.750. The number of ether oxygens (including phenoxy) is 1. The topological polar surface area (TPSA) is 41.6 Å². The van der Waals surface area contributed by atoms with E-state index in [0.717, 1.165) is 26.2 Å². The largest absolute Gasteiger partial charge is 0.375 e. The SMILES string of the molecule is COCC(=O)N1CCC2(CCNCC2)CC1. The molecular formula is C12H22N2O2. The second kappa shape index (κ2) is 5.15. The highest BCUT2D eigenvalue weighted by Crippen LogP contribution is 2.39. The Balaban J connectivity index is 1.83. The fourth-order valence-corrected chi connectivity index (χ4v) is 2.90. The van der Waals surface area contributed by atoms with Crippen LogP contribution in [0.25, 0.3) is 0 Å². The molecule has 0 aliphatic carbocycles. The van der Waals surface area contributed by atoms with Crippen LogP contribution in [0.5, 0.6) is 0 Å². The minimum atomic E-state index is 0.145. The van der Waals surface area contributed by atoms with Crippen molar-refractivity contribution in [3.8, 4) is 0 Å². The van der Waals surface area contributed by atoms with Gasteiger partial charge in [0, 0.05) is 20.2 Å². The summed E-state index contributed by atoms with van der Waals surface area (Å²) in [5.74, 6) is 0.145. The minimum Gasteiger partial charge on any atom is -0.375 e. The Bertz CT molecular complexity index is 239. The molecule has 0 aromatic heterocycles. The lowest BCUT2D eigenvalue weighted by Gasteiger charge is -2.44. The van der Waals surface area contributed by atoms with Crippen molar-refractivity contribution in [3.63, 3.8) is 0 Å². The van der Waals surface area contributed by atoms with Crippen molar-refractivity contribution < 1.29 is 9.53 Å². The van der Waals surface area contributed by atoms with Crippen molar-refractivity contribution >= 4 is 5.91 Å². The van der Waals surface area contributed by atoms with Crippen LogP contribution in [-0.2, 0) is 9.53 Å². The van der Waals surface area contributed by atoms with Gasteiger partial charge < -0.3 is 15.0 Å². The molecule has 2 heterocycles. The zero-order valence-electron chi connectivity index (χ0n) is 10.1. The van der Waals surface area contributed by atoms with Gasteiger partial charge >= 0.3 is 0 Å². The van der Waals surface area contributed by atoms with Gasteiger partial charge in [-0.05, 0) is 44.2 Å². The zero-order chi connectivity index (χ0) is 11.4. The van der Waals surface area contributed by atoms with Crippen LogP contribution in [0.1, 0.15) is 25.7 Å². The summed E-state index contributed by atoms with van der Waals surface area (Å²) in [7, 11) is 1.58. The van der Waals surface area contributed by atoms with Crippen LogP contribution in [0.4, 0.5) is 0 Å². The van der Waals surface area contributed by atoms with Crippen LogP contribution in [-0.4, -0.2) is 50.7 Å². The van der Waals surface area contributed by atoms with Crippen molar-refractivity contribution in [3.05, 3.63) is 0 Å². The normalized spacial score (nSPS) is 24.7. The number of nitrogens with one attached hydrogen (secondary N) is 1. The molecule has 1 amide bonds. The number of carbonyl (C=O) groups excluding carboxylic acids is 1. The molecule has 2 aliphatic heterocycles. The van der Waals surface area contributed by atoms with E-state index in [-0.39, 0.29) is 12.5 Å². The smallest absolute Gasteiger partial charge is 0.248 e. The molecule has 2 rings (SSSR count). The van der Waals surface area contributed by atoms with Gasteiger partial charge in [0.15, 0.2) is 0 Å². The maximum atomic E-state index is 11.7. The second-order valence-corrected chi connectivity index (χ2v) is 5.06. The lowest BCUT2D eigenvalue weighted by atomic mass is 9.71. The first-order valence-corrected chi connectivity index (χ1v) is 6.23. The Kier molecular flexibility index (Phi) is 3.82. The van der Waals surface area contributed by atoms with Crippen LogP contribution < -0.4 is 5.32 Å². The minimum absolute atomic E-state index is 0.145. The molecule has 2 fully saturated rings. The highest BCUT2D eigenvalue weighted by Gasteiger charge is 2.36. The first-order valence-electron chi connectivity index (χ1n) is 6.23. The van der Waals surface area contributed by atoms with Gasteiger partial charge in [-0.2, -0.15) is 0 Å². The maximum Gasteiger partial charge on any atom is 0.248 e. The second-order valence-electron chi connectivity index (χ2n) is 5.06. The first kappa shape index (κ1) is 11.9. The van der Waals surface area contributed by atoms with Crippen LogP contribution in [0, 0.1) is 5.41 Å². The van der Waals surface area contributed by atoms with Gasteiger partial charge in [-0.25, -0.2) is 0 Å². The lowest BCUT2D eigenvalue weighted by Crippen LogP contribution is -2.48. The summed E-state index contributed by atoms with van der Waals surface area (Å²) in [5, 5.41) is 3.41. The number of hydrogen-bond donors (Lipinski definition) is 1. The van der Waals surface area contributed by atoms with E-state index in [2.05, 4.69) is 5.32 Å². The van der Waals surface area contributed by atoms with Crippen molar-refractivity contribution in [2.24, 2.45) is 5.41 Å². The first-order chi connectivity index (χ1) is 7.76. The molecule has 92 valence electrons. The molecule has 0 bridgehead atoms. The number of amides is 1. The highest BCUT2D eigenvalue weighted by atomic mass is 16.5. The molecule has 4 heteroatoms. The molecule has 4 nitrogen and oxygen atoms in total. The van der Waals surface area contributed by atoms with Gasteiger partial charge in [0.2, 0.25) is 5.91 Å². The third-order valence-electron chi connectivity index (χ3n) is 4.11. The summed E-state index contributed by atoms with van der Waals surface area (Å²) < 4.78 is 4.89. The van der Waals surface area contributed by atoms with E-state index in [1.54, 1.807) is 7.11 Å². The number of methoxy groups -OCH3 is 1. The molecule has 0 atom stereocenters. The van der Waals surface area contributed by atoms with Gasteiger partial charge in [0.1, 0.15) is 6.61 Å². The summed E-state index contributed by atoms with van der Waals surface area (Å²) in [5.41, 5.74) is 0.523. The van der Waals surface area contributed by atoms with Gasteiger partial charge in [0.05, 0.1) is 0 Å². The zero-order valence-corrected chi connectivity index (χ0v) is 10.1. The Morgan fingerprint density at radius 3 is 2.44 bits per heavy atom. The average Bonchev–Trinajstić information content (AvgIpc) is 2.31. The monoisotopic (exact) mass is 226 g/mol. The van der Waals surface area contributed by atoms with E-state index in [4.69, 9.17) is 4.74 Å². The van der Waals surface area contributed by atoms with Crippen molar-refractivity contribution in [1.82, 2.24) is 10.2 Å². The third kappa shape index (κ3) is 2.55. The third-order valence-corrected chi connectivity index (χ3v) is 4.11. The number of carbonyl (C=O) groups is 1. The average molecular weight is 226 g/mol. The van der Waals surface area contributed by atoms with Crippen molar-refractivity contribution in [2.45, 2.75) is 25.7 Å². The molecule has 2 aliphatic rings. The van der Waals surface area contributed by atoms with E-state index in [1.165, 1.54) is 25.7 Å². The number of rotatable bonds is 2. The fraction of sp³-hybridized carbons (Fsp3) is 0.917. The Hall–Kier alpha value is -0.610. The summed E-state index contributed by atoms with van der Waals surface area (Å²) in [4.78, 5) is 13.6. The van der Waals surface area contributed by atoms with E-state index >= 15 is 0 Å². The standard InChI is InChI=1S/C12H22N2O2/c1-16-10-11(15)14-8-4-12(5-9-14)2-6-13-7-3-12/h13H,2-10H2,1H3. The number of nitrogens with zero attached hydrogens (tertiary/aromatic N) is 1. The predicted octanol–water partition coefficient (Wildman–Crippen LogP) is 0.625. The van der Waals surface area contributed by atoms with Crippen molar-refractivity contribution in [1.29, 1.82) is 0 Å². The Morgan fingerprint density at radius 1 is 1.25 bits per heavy atom. The van der Waals surface area contributed by atoms with Crippen molar-refractivity contribution in [2.75, 3.05) is 39.9 Å². The molecule has 1 N–H and O–H groups in total. The van der Waals surface area contributed by atoms with Crippen LogP contribution in [0.2, 0.25) is 0 Å². The summed E-state index contributed by atoms with van der Waals surface area (Å²) in [6.45, 7) is 4.36. The summed E-state index contributed by atoms with van der Waals surface area (Å²) >= 11 is 0. The predicted molar refractivity (Wildman–Crippen MR) is 62.2 cm³/mol. The van der Waals surface area contributed by atoms with Crippen LogP contribution in [0.3, 0.4) is 0 Å². The molecule has 16 heavy (non-hydrogen) atoms. The molecular weight excluding hydrogens is 204 g/mol. The van der Waals surface area contributed by atoms with Gasteiger partial charge in [-0.1, -0.05) is 0 Å². The van der Waals surface area contributed by atoms with E-state index in [0.29, 0.717) is 5.41 Å². The summed E-state index contributed by atoms with van der Waals surface area (Å²) in [6, 6.07) is 0. The van der Waals surface area contributed by atoms with E-state index < -0.39 is 0 Å². The number of hydrogen-bond acceptors (Lipinski definition) is 3. The van der Waals surface area contributed by atoms with Crippen LogP contribution >= 0.6 is 0 Å². The highest BCUT2D eigenvalue weighted by molar-refractivity contribution is 5.77. The number of piperidine rings is 2. The Labute approximate surface area is 97.3 Å². The van der Waals surface area contributed by atoms with E-state index in [9.17, 15) is 4.79 Å². The molecule has 0 unspecified atom stereocenters. The van der Waals surface area contributed by atoms with Gasteiger partial charge in [-0.15, -0.1) is 0 Å². The van der Waals surface area contributed by atoms with Gasteiger partial charge in [-0.3, -0.25) is 4.79 Å². The molecule has 1 spiro atoms. The number of likely N-dealkylation sites (tertiary alicyclic amines) is 1. The molecule has 0 radical (unpaired) electrons. The Morgan fingerprint density at radius 2 is 1.88 bits per heavy atom. The lowest BCUT2D eigenvalue weighted by molar-refractivity contribution is -0.137. The maximum absolute atomic E-state index is 11.7. The summed E-state index contributed by atoms with van der Waals surface area (Å²) in [6.07, 6.45) is 4.90. The van der Waals surface area contributed by atoms with Crippen LogP contribution in [0.15, 0.2) is 0 Å². The molecule has 0 saturated carbocycles. The fourth-order valence-electron chi connectivity index (χ4n) is 2.90. The molecule has 0 aromatic carbocycles. The van der Waals surface area contributed by atoms with E-state index in [1.807, 2.05) is 4.90 Å². The molecule has 2 saturated heterocycles. The molecule has 0 aromatic rings.